The Hall–Kier alpha value is -1.25. The van der Waals surface area contributed by atoms with Crippen LogP contribution in [0.3, 0.4) is 0 Å². The van der Waals surface area contributed by atoms with Crippen LogP contribution in [0.1, 0.15) is 0 Å². The lowest BCUT2D eigenvalue weighted by atomic mass is 10.3. The molecule has 0 spiro atoms. The average Bonchev–Trinajstić information content (AvgIpc) is 2.36. The van der Waals surface area contributed by atoms with Crippen LogP contribution in [0.5, 0.6) is 0 Å². The Bertz CT molecular complexity index is 380. The van der Waals surface area contributed by atoms with Gasteiger partial charge in [0.1, 0.15) is 12.2 Å². The highest BCUT2D eigenvalue weighted by Gasteiger charge is 2.18. The van der Waals surface area contributed by atoms with Crippen molar-refractivity contribution in [3.8, 4) is 0 Å². The molecule has 0 aliphatic heterocycles. The summed E-state index contributed by atoms with van der Waals surface area (Å²) in [5, 5.41) is 9.00. The molecule has 0 saturated heterocycles. The van der Waals surface area contributed by atoms with Gasteiger partial charge >= 0.3 is 7.60 Å². The van der Waals surface area contributed by atoms with E-state index in [1.807, 2.05) is 0 Å². The van der Waals surface area contributed by atoms with E-state index in [1.54, 1.807) is 0 Å². The van der Waals surface area contributed by atoms with E-state index >= 15 is 0 Å². The maximum absolute atomic E-state index is 10.8. The van der Waals surface area contributed by atoms with Crippen LogP contribution in [-0.4, -0.2) is 64.7 Å². The van der Waals surface area contributed by atoms with E-state index in [-0.39, 0.29) is 12.4 Å². The first kappa shape index (κ1) is 17.8. The van der Waals surface area contributed by atoms with Crippen molar-refractivity contribution in [1.29, 1.82) is 0 Å². The predicted molar refractivity (Wildman–Crippen MR) is 68.3 cm³/mol. The first-order valence-electron chi connectivity index (χ1n) is 5.21. The molecule has 0 heterocycles. The zero-order valence-electron chi connectivity index (χ0n) is 10.4. The van der Waals surface area contributed by atoms with Gasteiger partial charge in [0.15, 0.2) is 0 Å². The zero-order valence-corrected chi connectivity index (χ0v) is 11.3. The number of nitrogens with zero attached hydrogens (tertiary/aromatic N) is 2. The fourth-order valence-electron chi connectivity index (χ4n) is 0.986. The first-order valence-corrected chi connectivity index (χ1v) is 7.00. The molecule has 0 rings (SSSR count). The van der Waals surface area contributed by atoms with Crippen molar-refractivity contribution >= 4 is 19.8 Å². The number of ether oxygens (including phenoxy) is 1. The summed E-state index contributed by atoms with van der Waals surface area (Å²) in [6.07, 6.45) is 1.41. The largest absolute Gasteiger partial charge is 0.394 e. The van der Waals surface area contributed by atoms with Crippen molar-refractivity contribution < 1.29 is 29.0 Å². The number of aliphatic hydroxyl groups excluding tert-OH is 1. The highest BCUT2D eigenvalue weighted by Crippen LogP contribution is 2.34. The monoisotopic (exact) mass is 295 g/mol. The van der Waals surface area contributed by atoms with E-state index in [4.69, 9.17) is 25.4 Å². The summed E-state index contributed by atoms with van der Waals surface area (Å²) in [6, 6.07) is 0. The smallest absolute Gasteiger partial charge is 0.350 e. The molecular weight excluding hydrogens is 277 g/mol. The topological polar surface area (TPSA) is 146 Å². The molecule has 110 valence electrons. The van der Waals surface area contributed by atoms with E-state index in [0.717, 1.165) is 4.90 Å². The molecule has 1 unspecified atom stereocenters. The van der Waals surface area contributed by atoms with Crippen molar-refractivity contribution in [1.82, 2.24) is 4.90 Å². The number of amides is 1. The molecule has 0 bridgehead atoms. The highest BCUT2D eigenvalue weighted by atomic mass is 31.2. The Balaban J connectivity index is 4.44. The van der Waals surface area contributed by atoms with Gasteiger partial charge in [-0.3, -0.25) is 14.4 Å². The molecule has 0 saturated carbocycles. The molecule has 0 aromatic rings. The van der Waals surface area contributed by atoms with E-state index < -0.39 is 26.7 Å². The van der Waals surface area contributed by atoms with Crippen LogP contribution in [-0.2, 0) is 14.1 Å². The molecule has 5 N–H and O–H groups in total. The average molecular weight is 295 g/mol. The van der Waals surface area contributed by atoms with Crippen LogP contribution >= 0.6 is 7.60 Å². The van der Waals surface area contributed by atoms with Crippen LogP contribution in [0.25, 0.3) is 0 Å². The second kappa shape index (κ2) is 8.78. The zero-order chi connectivity index (χ0) is 14.9. The van der Waals surface area contributed by atoms with Gasteiger partial charge in [-0.05, 0) is 6.08 Å². The Morgan fingerprint density at radius 2 is 2.21 bits per heavy atom. The van der Waals surface area contributed by atoms with Crippen LogP contribution in [0.15, 0.2) is 17.3 Å². The summed E-state index contributed by atoms with van der Waals surface area (Å²) in [5.41, 5.74) is 5.39. The third-order valence-corrected chi connectivity index (χ3v) is 2.41. The molecule has 9 nitrogen and oxygen atoms in total. The second-order valence-corrected chi connectivity index (χ2v) is 5.12. The SMILES string of the molecule is CN=C(N)/C=C\N(C=O)CC(CO)OCP(=O)(O)O. The Morgan fingerprint density at radius 1 is 1.58 bits per heavy atom. The number of amidine groups is 1. The van der Waals surface area contributed by atoms with Gasteiger partial charge in [0, 0.05) is 13.2 Å². The number of carbonyl (C=O) groups excluding carboxylic acids is 1. The van der Waals surface area contributed by atoms with Gasteiger partial charge in [0.2, 0.25) is 6.41 Å². The van der Waals surface area contributed by atoms with Crippen molar-refractivity contribution in [2.45, 2.75) is 6.10 Å². The molecule has 1 amide bonds. The minimum Gasteiger partial charge on any atom is -0.394 e. The quantitative estimate of drug-likeness (QED) is 0.174. The van der Waals surface area contributed by atoms with Gasteiger partial charge < -0.3 is 30.3 Å². The predicted octanol–water partition coefficient (Wildman–Crippen LogP) is -1.54. The summed E-state index contributed by atoms with van der Waals surface area (Å²) >= 11 is 0. The van der Waals surface area contributed by atoms with Gasteiger partial charge in [-0.2, -0.15) is 0 Å². The lowest BCUT2D eigenvalue weighted by Crippen LogP contribution is -2.32. The highest BCUT2D eigenvalue weighted by molar-refractivity contribution is 7.51. The van der Waals surface area contributed by atoms with Crippen LogP contribution in [0.4, 0.5) is 0 Å². The minimum atomic E-state index is -4.32. The minimum absolute atomic E-state index is 0.0759. The molecule has 0 radical (unpaired) electrons. The Kier molecular flexibility index (Phi) is 8.21. The fraction of sp³-hybridized carbons (Fsp3) is 0.556. The molecule has 10 heteroatoms. The standard InChI is InChI=1S/C9H18N3O6P/c1-11-9(10)2-3-12(6-14)4-8(5-13)18-7-19(15,16)17/h2-3,6,8,13H,4-5,7H2,1H3,(H2,10,11)(H2,15,16,17)/b3-2-. The summed E-state index contributed by atoms with van der Waals surface area (Å²) in [6.45, 7) is -0.566. The number of hydrogen-bond acceptors (Lipinski definition) is 5. The number of carbonyl (C=O) groups is 1. The summed E-state index contributed by atoms with van der Waals surface area (Å²) < 4.78 is 15.4. The number of aliphatic imine (C=N–C) groups is 1. The summed E-state index contributed by atoms with van der Waals surface area (Å²) in [4.78, 5) is 32.8. The van der Waals surface area contributed by atoms with E-state index in [0.29, 0.717) is 6.41 Å². The van der Waals surface area contributed by atoms with Gasteiger partial charge in [-0.1, -0.05) is 0 Å². The van der Waals surface area contributed by atoms with Crippen molar-refractivity contribution in [3.05, 3.63) is 12.3 Å². The molecule has 0 aliphatic carbocycles. The van der Waals surface area contributed by atoms with Gasteiger partial charge in [0.25, 0.3) is 0 Å². The van der Waals surface area contributed by atoms with E-state index in [1.165, 1.54) is 19.3 Å². The summed E-state index contributed by atoms with van der Waals surface area (Å²) in [5.74, 6) is 0.198. The lowest BCUT2D eigenvalue weighted by Gasteiger charge is -2.20. The molecule has 19 heavy (non-hydrogen) atoms. The number of aliphatic hydroxyl groups is 1. The molecular formula is C9H18N3O6P. The van der Waals surface area contributed by atoms with Crippen molar-refractivity contribution in [2.75, 3.05) is 26.5 Å². The maximum Gasteiger partial charge on any atom is 0.350 e. The normalized spacial score (nSPS) is 14.6. The maximum atomic E-state index is 10.8. The molecule has 1 atom stereocenters. The number of hydrogen-bond donors (Lipinski definition) is 4. The first-order chi connectivity index (χ1) is 8.82. The van der Waals surface area contributed by atoms with Gasteiger partial charge in [-0.15, -0.1) is 0 Å². The lowest BCUT2D eigenvalue weighted by molar-refractivity contribution is -0.117. The van der Waals surface area contributed by atoms with Crippen LogP contribution < -0.4 is 5.73 Å². The van der Waals surface area contributed by atoms with Crippen molar-refractivity contribution in [3.63, 3.8) is 0 Å². The number of rotatable bonds is 9. The van der Waals surface area contributed by atoms with Crippen LogP contribution in [0.2, 0.25) is 0 Å². The molecule has 0 aliphatic rings. The molecule has 0 fully saturated rings. The molecule has 0 aromatic heterocycles. The Morgan fingerprint density at radius 3 is 2.63 bits per heavy atom. The van der Waals surface area contributed by atoms with Gasteiger partial charge in [-0.25, -0.2) is 0 Å². The van der Waals surface area contributed by atoms with Gasteiger partial charge in [0.05, 0.1) is 19.3 Å². The van der Waals surface area contributed by atoms with E-state index in [9.17, 15) is 9.36 Å². The second-order valence-electron chi connectivity index (χ2n) is 3.53. The van der Waals surface area contributed by atoms with E-state index in [2.05, 4.69) is 4.99 Å². The summed E-state index contributed by atoms with van der Waals surface area (Å²) in [7, 11) is -2.84. The Labute approximate surface area is 110 Å². The fourth-order valence-corrected chi connectivity index (χ4v) is 1.39. The third-order valence-electron chi connectivity index (χ3n) is 1.93. The number of nitrogens with two attached hydrogens (primary N) is 1. The molecule has 0 aromatic carbocycles. The third kappa shape index (κ3) is 9.34. The van der Waals surface area contributed by atoms with Crippen LogP contribution in [0, 0.1) is 0 Å². The van der Waals surface area contributed by atoms with Crippen molar-refractivity contribution in [2.24, 2.45) is 10.7 Å².